The Balaban J connectivity index is 2.02. The van der Waals surface area contributed by atoms with Crippen LogP contribution in [0.1, 0.15) is 11.1 Å². The number of phenolic OH excluding ortho intramolecular Hbond substituents is 1. The highest BCUT2D eigenvalue weighted by atomic mass is 16.6. The molecule has 8 heteroatoms. The first-order chi connectivity index (χ1) is 11.0. The fourth-order valence-electron chi connectivity index (χ4n) is 1.82. The van der Waals surface area contributed by atoms with Gasteiger partial charge in [-0.25, -0.2) is 10.2 Å². The molecule has 0 aromatic heterocycles. The molecule has 0 saturated heterocycles. The Labute approximate surface area is 131 Å². The third-order valence-corrected chi connectivity index (χ3v) is 3.01. The molecule has 8 nitrogen and oxygen atoms in total. The number of nitrogens with one attached hydrogen (secondary N) is 2. The van der Waals surface area contributed by atoms with Gasteiger partial charge in [0.25, 0.3) is 0 Å². The van der Waals surface area contributed by atoms with Gasteiger partial charge < -0.3 is 10.4 Å². The number of para-hydroxylation sites is 2. The van der Waals surface area contributed by atoms with Crippen molar-refractivity contribution in [1.29, 1.82) is 0 Å². The molecular formula is C15H14N4O4. The van der Waals surface area contributed by atoms with Crippen LogP contribution in [0.2, 0.25) is 0 Å². The zero-order chi connectivity index (χ0) is 16.8. The molecule has 2 aromatic carbocycles. The van der Waals surface area contributed by atoms with Crippen LogP contribution in [-0.4, -0.2) is 22.3 Å². The number of hydrogen-bond donors (Lipinski definition) is 3. The molecule has 3 N–H and O–H groups in total. The molecule has 2 amide bonds. The Morgan fingerprint density at radius 1 is 1.26 bits per heavy atom. The highest BCUT2D eigenvalue weighted by molar-refractivity contribution is 5.91. The van der Waals surface area contributed by atoms with Crippen molar-refractivity contribution < 1.29 is 14.8 Å². The number of aromatic hydroxyl groups is 1. The maximum absolute atomic E-state index is 11.7. The maximum atomic E-state index is 11.7. The predicted molar refractivity (Wildman–Crippen MR) is 85.7 cm³/mol. The Morgan fingerprint density at radius 2 is 2.00 bits per heavy atom. The lowest BCUT2D eigenvalue weighted by Crippen LogP contribution is -2.24. The van der Waals surface area contributed by atoms with Crippen molar-refractivity contribution in [2.45, 2.75) is 6.92 Å². The summed E-state index contributed by atoms with van der Waals surface area (Å²) in [6, 6.07) is 10.7. The van der Waals surface area contributed by atoms with Gasteiger partial charge in [-0.15, -0.1) is 0 Å². The molecule has 0 heterocycles. The predicted octanol–water partition coefficient (Wildman–Crippen LogP) is 2.76. The number of phenols is 1. The number of carbonyl (C=O) groups is 1. The van der Waals surface area contributed by atoms with E-state index in [2.05, 4.69) is 15.8 Å². The van der Waals surface area contributed by atoms with E-state index in [-0.39, 0.29) is 5.56 Å². The summed E-state index contributed by atoms with van der Waals surface area (Å²) in [5, 5.41) is 26.7. The second-order valence-corrected chi connectivity index (χ2v) is 4.61. The summed E-state index contributed by atoms with van der Waals surface area (Å²) in [7, 11) is 0. The number of nitro groups is 1. The average Bonchev–Trinajstić information content (AvgIpc) is 2.51. The van der Waals surface area contributed by atoms with E-state index >= 15 is 0 Å². The topological polar surface area (TPSA) is 117 Å². The molecule has 0 atom stereocenters. The van der Waals surface area contributed by atoms with E-state index < -0.39 is 22.4 Å². The molecule has 2 aromatic rings. The monoisotopic (exact) mass is 314 g/mol. The lowest BCUT2D eigenvalue weighted by Gasteiger charge is -2.06. The Morgan fingerprint density at radius 3 is 2.70 bits per heavy atom. The van der Waals surface area contributed by atoms with Gasteiger partial charge in [-0.3, -0.25) is 10.1 Å². The zero-order valence-corrected chi connectivity index (χ0v) is 12.2. The van der Waals surface area contributed by atoms with E-state index in [0.29, 0.717) is 5.69 Å². The zero-order valence-electron chi connectivity index (χ0n) is 12.2. The largest absolute Gasteiger partial charge is 0.502 e. The van der Waals surface area contributed by atoms with Crippen LogP contribution in [0.25, 0.3) is 0 Å². The van der Waals surface area contributed by atoms with Crippen LogP contribution in [0.5, 0.6) is 5.75 Å². The smallest absolute Gasteiger partial charge is 0.339 e. The summed E-state index contributed by atoms with van der Waals surface area (Å²) in [6.07, 6.45) is 1.12. The maximum Gasteiger partial charge on any atom is 0.339 e. The van der Waals surface area contributed by atoms with Gasteiger partial charge in [-0.05, 0) is 24.6 Å². The van der Waals surface area contributed by atoms with Crippen LogP contribution in [0.15, 0.2) is 47.6 Å². The number of amides is 2. The SMILES string of the molecule is Cc1ccccc1NC(=O)N/N=C/c1cccc([N+](=O)[O-])c1O. The van der Waals surface area contributed by atoms with Crippen molar-refractivity contribution in [1.82, 2.24) is 5.43 Å². The summed E-state index contributed by atoms with van der Waals surface area (Å²) in [5.74, 6) is -0.512. The van der Waals surface area contributed by atoms with Gasteiger partial charge in [0.15, 0.2) is 0 Å². The number of hydrogen-bond acceptors (Lipinski definition) is 5. The second-order valence-electron chi connectivity index (χ2n) is 4.61. The van der Waals surface area contributed by atoms with E-state index in [1.165, 1.54) is 18.2 Å². The van der Waals surface area contributed by atoms with E-state index in [4.69, 9.17) is 0 Å². The summed E-state index contributed by atoms with van der Waals surface area (Å²) < 4.78 is 0. The number of anilines is 1. The van der Waals surface area contributed by atoms with E-state index in [0.717, 1.165) is 11.8 Å². The van der Waals surface area contributed by atoms with Crippen LogP contribution in [0.4, 0.5) is 16.2 Å². The van der Waals surface area contributed by atoms with Gasteiger partial charge in [-0.1, -0.05) is 24.3 Å². The second kappa shape index (κ2) is 7.03. The highest BCUT2D eigenvalue weighted by Gasteiger charge is 2.15. The minimum absolute atomic E-state index is 0.121. The first kappa shape index (κ1) is 16.0. The molecule has 2 rings (SSSR count). The third-order valence-electron chi connectivity index (χ3n) is 3.01. The van der Waals surface area contributed by atoms with Crippen LogP contribution < -0.4 is 10.7 Å². The van der Waals surface area contributed by atoms with Crippen LogP contribution in [-0.2, 0) is 0 Å². The molecule has 0 spiro atoms. The average molecular weight is 314 g/mol. The number of nitro benzene ring substituents is 1. The molecule has 118 valence electrons. The fourth-order valence-corrected chi connectivity index (χ4v) is 1.82. The number of benzene rings is 2. The highest BCUT2D eigenvalue weighted by Crippen LogP contribution is 2.27. The van der Waals surface area contributed by atoms with Gasteiger partial charge in [0.05, 0.1) is 11.1 Å². The molecule has 23 heavy (non-hydrogen) atoms. The van der Waals surface area contributed by atoms with Crippen LogP contribution >= 0.6 is 0 Å². The molecule has 0 aliphatic carbocycles. The third kappa shape index (κ3) is 4.03. The van der Waals surface area contributed by atoms with Crippen molar-refractivity contribution >= 4 is 23.6 Å². The number of nitrogens with zero attached hydrogens (tertiary/aromatic N) is 2. The summed E-state index contributed by atoms with van der Waals surface area (Å²) >= 11 is 0. The van der Waals surface area contributed by atoms with Crippen LogP contribution in [0, 0.1) is 17.0 Å². The number of rotatable bonds is 4. The minimum Gasteiger partial charge on any atom is -0.502 e. The molecular weight excluding hydrogens is 300 g/mol. The molecule has 0 fully saturated rings. The van der Waals surface area contributed by atoms with Crippen molar-refractivity contribution in [2.75, 3.05) is 5.32 Å². The Hall–Kier alpha value is -3.42. The van der Waals surface area contributed by atoms with E-state index in [1.807, 2.05) is 19.1 Å². The molecule has 0 radical (unpaired) electrons. The summed E-state index contributed by atoms with van der Waals surface area (Å²) in [5.41, 5.74) is 3.44. The fraction of sp³-hybridized carbons (Fsp3) is 0.0667. The molecule has 0 unspecified atom stereocenters. The quantitative estimate of drug-likeness (QED) is 0.457. The molecule has 0 bridgehead atoms. The first-order valence-corrected chi connectivity index (χ1v) is 6.61. The number of hydrazone groups is 1. The van der Waals surface area contributed by atoms with Crippen LogP contribution in [0.3, 0.4) is 0 Å². The minimum atomic E-state index is -0.703. The van der Waals surface area contributed by atoms with Crippen molar-refractivity contribution in [3.8, 4) is 5.75 Å². The molecule has 0 aliphatic heterocycles. The van der Waals surface area contributed by atoms with Gasteiger partial charge in [0, 0.05) is 17.3 Å². The van der Waals surface area contributed by atoms with E-state index in [9.17, 15) is 20.0 Å². The molecule has 0 saturated carbocycles. The summed E-state index contributed by atoms with van der Waals surface area (Å²) in [6.45, 7) is 1.85. The van der Waals surface area contributed by atoms with E-state index in [1.54, 1.807) is 12.1 Å². The van der Waals surface area contributed by atoms with Gasteiger partial charge in [0.2, 0.25) is 5.75 Å². The van der Waals surface area contributed by atoms with Crippen molar-refractivity contribution in [2.24, 2.45) is 5.10 Å². The normalized spacial score (nSPS) is 10.5. The number of aryl methyl sites for hydroxylation is 1. The Kier molecular flexibility index (Phi) is 4.88. The van der Waals surface area contributed by atoms with Crippen molar-refractivity contribution in [3.63, 3.8) is 0 Å². The number of carbonyl (C=O) groups excluding carboxylic acids is 1. The standard InChI is InChI=1S/C15H14N4O4/c1-10-5-2-3-7-12(10)17-15(21)18-16-9-11-6-4-8-13(14(11)20)19(22)23/h2-9,20H,1H3,(H2,17,18,21)/b16-9+. The van der Waals surface area contributed by atoms with Crippen molar-refractivity contribution in [3.05, 3.63) is 63.7 Å². The lowest BCUT2D eigenvalue weighted by molar-refractivity contribution is -0.385. The van der Waals surface area contributed by atoms with Gasteiger partial charge in [0.1, 0.15) is 0 Å². The van der Waals surface area contributed by atoms with Gasteiger partial charge in [-0.2, -0.15) is 5.10 Å². The lowest BCUT2D eigenvalue weighted by atomic mass is 10.2. The molecule has 0 aliphatic rings. The first-order valence-electron chi connectivity index (χ1n) is 6.61. The van der Waals surface area contributed by atoms with Gasteiger partial charge >= 0.3 is 11.7 Å². The summed E-state index contributed by atoms with van der Waals surface area (Å²) in [4.78, 5) is 21.7. The Bertz CT molecular complexity index is 774. The number of urea groups is 1.